The molecule has 2 fully saturated rings. The maximum absolute atomic E-state index is 13.4. The Morgan fingerprint density at radius 2 is 1.81 bits per heavy atom. The van der Waals surface area contributed by atoms with Gasteiger partial charge in [0, 0.05) is 17.6 Å². The van der Waals surface area contributed by atoms with Gasteiger partial charge >= 0.3 is 0 Å². The van der Waals surface area contributed by atoms with E-state index in [0.717, 1.165) is 62.5 Å². The molecule has 5 heteroatoms. The fraction of sp³-hybridized carbons (Fsp3) is 0.667. The lowest BCUT2D eigenvalue weighted by Crippen LogP contribution is -2.51. The molecule has 4 nitrogen and oxygen atoms in total. The molecule has 2 aliphatic rings. The molecule has 0 atom stereocenters. The van der Waals surface area contributed by atoms with E-state index in [0.29, 0.717) is 12.1 Å². The first-order valence-electron chi connectivity index (χ1n) is 9.77. The molecule has 0 unspecified atom stereocenters. The van der Waals surface area contributed by atoms with E-state index in [1.807, 2.05) is 0 Å². The molecule has 1 aliphatic heterocycles. The fourth-order valence-corrected chi connectivity index (χ4v) is 4.61. The number of halogens is 1. The summed E-state index contributed by atoms with van der Waals surface area (Å²) in [6.07, 6.45) is 6.95. The summed E-state index contributed by atoms with van der Waals surface area (Å²) < 4.78 is 6.63. The van der Waals surface area contributed by atoms with E-state index in [-0.39, 0.29) is 11.3 Å². The van der Waals surface area contributed by atoms with Crippen molar-refractivity contribution in [3.8, 4) is 0 Å². The van der Waals surface area contributed by atoms with Crippen LogP contribution in [0.15, 0.2) is 28.7 Å². The van der Waals surface area contributed by atoms with Crippen LogP contribution in [0.1, 0.15) is 44.1 Å². The number of likely N-dealkylation sites (tertiary alicyclic amines) is 1. The minimum Gasteiger partial charge on any atom is -0.381 e. The van der Waals surface area contributed by atoms with Crippen LogP contribution in [0.25, 0.3) is 0 Å². The Morgan fingerprint density at radius 1 is 1.19 bits per heavy atom. The SMILES string of the molecule is COC1CCC(Cc2ccc(Br)cc2)(C(=O)NC2CCN(C)CC2)CC1. The molecule has 1 aromatic carbocycles. The third-order valence-electron chi connectivity index (χ3n) is 6.21. The molecule has 1 aromatic rings. The summed E-state index contributed by atoms with van der Waals surface area (Å²) in [6.45, 7) is 2.13. The number of benzene rings is 1. The Kier molecular flexibility index (Phi) is 6.76. The monoisotopic (exact) mass is 422 g/mol. The molecular weight excluding hydrogens is 392 g/mol. The van der Waals surface area contributed by atoms with Crippen LogP contribution in [-0.4, -0.2) is 50.2 Å². The van der Waals surface area contributed by atoms with E-state index in [9.17, 15) is 4.79 Å². The molecule has 0 spiro atoms. The summed E-state index contributed by atoms with van der Waals surface area (Å²) in [6, 6.07) is 8.73. The molecule has 1 saturated heterocycles. The van der Waals surface area contributed by atoms with Crippen molar-refractivity contribution in [1.82, 2.24) is 10.2 Å². The normalized spacial score (nSPS) is 28.0. The molecule has 0 aromatic heterocycles. The number of amides is 1. The third kappa shape index (κ3) is 4.87. The van der Waals surface area contributed by atoms with Crippen LogP contribution in [0.4, 0.5) is 0 Å². The molecule has 3 rings (SSSR count). The summed E-state index contributed by atoms with van der Waals surface area (Å²) in [5.74, 6) is 0.254. The van der Waals surface area contributed by atoms with Gasteiger partial charge < -0.3 is 15.0 Å². The Balaban J connectivity index is 1.72. The van der Waals surface area contributed by atoms with Crippen molar-refractivity contribution in [1.29, 1.82) is 0 Å². The number of hydrogen-bond donors (Lipinski definition) is 1. The average Bonchev–Trinajstić information content (AvgIpc) is 2.66. The second-order valence-corrected chi connectivity index (χ2v) is 8.99. The lowest BCUT2D eigenvalue weighted by molar-refractivity contribution is -0.135. The van der Waals surface area contributed by atoms with Gasteiger partial charge in [0.05, 0.1) is 11.5 Å². The maximum Gasteiger partial charge on any atom is 0.226 e. The maximum atomic E-state index is 13.4. The second-order valence-electron chi connectivity index (χ2n) is 8.07. The Hall–Kier alpha value is -0.910. The zero-order valence-electron chi connectivity index (χ0n) is 16.0. The summed E-state index contributed by atoms with van der Waals surface area (Å²) in [7, 11) is 3.93. The highest BCUT2D eigenvalue weighted by Crippen LogP contribution is 2.41. The Morgan fingerprint density at radius 3 is 2.38 bits per heavy atom. The summed E-state index contributed by atoms with van der Waals surface area (Å²) in [5, 5.41) is 3.40. The van der Waals surface area contributed by atoms with E-state index in [1.165, 1.54) is 5.56 Å². The van der Waals surface area contributed by atoms with Gasteiger partial charge in [0.2, 0.25) is 5.91 Å². The molecule has 1 amide bonds. The van der Waals surface area contributed by atoms with E-state index in [4.69, 9.17) is 4.74 Å². The van der Waals surface area contributed by atoms with Crippen molar-refractivity contribution in [2.75, 3.05) is 27.2 Å². The largest absolute Gasteiger partial charge is 0.381 e. The number of piperidine rings is 1. The van der Waals surface area contributed by atoms with Crippen LogP contribution in [-0.2, 0) is 16.0 Å². The van der Waals surface area contributed by atoms with Gasteiger partial charge in [-0.05, 0) is 82.8 Å². The average molecular weight is 423 g/mol. The van der Waals surface area contributed by atoms with Crippen molar-refractivity contribution in [2.45, 2.75) is 57.1 Å². The molecule has 1 N–H and O–H groups in total. The topological polar surface area (TPSA) is 41.6 Å². The lowest BCUT2D eigenvalue weighted by atomic mass is 9.68. The highest BCUT2D eigenvalue weighted by Gasteiger charge is 2.42. The molecule has 0 bridgehead atoms. The van der Waals surface area contributed by atoms with Gasteiger partial charge in [0.25, 0.3) is 0 Å². The van der Waals surface area contributed by atoms with Gasteiger partial charge in [0.1, 0.15) is 0 Å². The molecule has 26 heavy (non-hydrogen) atoms. The van der Waals surface area contributed by atoms with Gasteiger partial charge in [0.15, 0.2) is 0 Å². The first-order chi connectivity index (χ1) is 12.5. The van der Waals surface area contributed by atoms with Crippen molar-refractivity contribution in [3.63, 3.8) is 0 Å². The summed E-state index contributed by atoms with van der Waals surface area (Å²) in [4.78, 5) is 15.7. The van der Waals surface area contributed by atoms with Crippen LogP contribution in [0.3, 0.4) is 0 Å². The van der Waals surface area contributed by atoms with Crippen LogP contribution < -0.4 is 5.32 Å². The first-order valence-corrected chi connectivity index (χ1v) is 10.6. The van der Waals surface area contributed by atoms with Crippen molar-refractivity contribution in [2.24, 2.45) is 5.41 Å². The third-order valence-corrected chi connectivity index (χ3v) is 6.74. The number of carbonyl (C=O) groups excluding carboxylic acids is 1. The number of hydrogen-bond acceptors (Lipinski definition) is 3. The van der Waals surface area contributed by atoms with Crippen LogP contribution in [0.2, 0.25) is 0 Å². The van der Waals surface area contributed by atoms with E-state index in [2.05, 4.69) is 57.5 Å². The van der Waals surface area contributed by atoms with E-state index >= 15 is 0 Å². The molecule has 1 saturated carbocycles. The van der Waals surface area contributed by atoms with Crippen molar-refractivity contribution >= 4 is 21.8 Å². The van der Waals surface area contributed by atoms with Crippen LogP contribution in [0.5, 0.6) is 0 Å². The molecule has 1 aliphatic carbocycles. The smallest absolute Gasteiger partial charge is 0.226 e. The van der Waals surface area contributed by atoms with Crippen molar-refractivity contribution in [3.05, 3.63) is 34.3 Å². The summed E-state index contributed by atoms with van der Waals surface area (Å²) in [5.41, 5.74) is 0.939. The molecule has 0 radical (unpaired) electrons. The number of rotatable bonds is 5. The zero-order valence-corrected chi connectivity index (χ0v) is 17.6. The zero-order chi connectivity index (χ0) is 18.6. The van der Waals surface area contributed by atoms with E-state index in [1.54, 1.807) is 7.11 Å². The fourth-order valence-electron chi connectivity index (χ4n) is 4.35. The lowest BCUT2D eigenvalue weighted by Gasteiger charge is -2.40. The Labute approximate surface area is 165 Å². The van der Waals surface area contributed by atoms with Gasteiger partial charge in [-0.2, -0.15) is 0 Å². The second kappa shape index (κ2) is 8.85. The van der Waals surface area contributed by atoms with Crippen LogP contribution in [0, 0.1) is 5.41 Å². The predicted molar refractivity (Wildman–Crippen MR) is 108 cm³/mol. The highest BCUT2D eigenvalue weighted by atomic mass is 79.9. The van der Waals surface area contributed by atoms with E-state index < -0.39 is 0 Å². The minimum absolute atomic E-state index is 0.254. The van der Waals surface area contributed by atoms with Gasteiger partial charge in [-0.25, -0.2) is 0 Å². The number of nitrogens with one attached hydrogen (secondary N) is 1. The number of carbonyl (C=O) groups is 1. The first kappa shape index (κ1) is 19.8. The molecular formula is C21H31BrN2O2. The standard InChI is InChI=1S/C21H31BrN2O2/c1-24-13-9-18(10-14-24)23-20(25)21(11-7-19(26-2)8-12-21)15-16-3-5-17(22)6-4-16/h3-6,18-19H,7-15H2,1-2H3,(H,23,25). The predicted octanol–water partition coefficient (Wildman–Crippen LogP) is 3.78. The van der Waals surface area contributed by atoms with Crippen LogP contribution >= 0.6 is 15.9 Å². The number of nitrogens with zero attached hydrogens (tertiary/aromatic N) is 1. The Bertz CT molecular complexity index is 589. The highest BCUT2D eigenvalue weighted by molar-refractivity contribution is 9.10. The quantitative estimate of drug-likeness (QED) is 0.784. The number of ether oxygens (including phenoxy) is 1. The van der Waals surface area contributed by atoms with Gasteiger partial charge in [-0.3, -0.25) is 4.79 Å². The molecule has 1 heterocycles. The molecule has 144 valence electrons. The number of methoxy groups -OCH3 is 1. The van der Waals surface area contributed by atoms with Gasteiger partial charge in [-0.1, -0.05) is 28.1 Å². The minimum atomic E-state index is -0.299. The van der Waals surface area contributed by atoms with Gasteiger partial charge in [-0.15, -0.1) is 0 Å². The van der Waals surface area contributed by atoms with Crippen molar-refractivity contribution < 1.29 is 9.53 Å². The summed E-state index contributed by atoms with van der Waals surface area (Å²) >= 11 is 3.50.